The molecule has 114 valence electrons. The Hall–Kier alpha value is -1.13. The van der Waals surface area contributed by atoms with Gasteiger partial charge < -0.3 is 9.67 Å². The van der Waals surface area contributed by atoms with Crippen molar-refractivity contribution in [1.82, 2.24) is 9.55 Å². The van der Waals surface area contributed by atoms with Gasteiger partial charge in [0.05, 0.1) is 12.1 Å². The van der Waals surface area contributed by atoms with Gasteiger partial charge in [-0.25, -0.2) is 4.98 Å². The van der Waals surface area contributed by atoms with E-state index in [1.54, 1.807) is 11.3 Å². The van der Waals surface area contributed by atoms with Crippen LogP contribution in [0, 0.1) is 5.41 Å². The predicted octanol–water partition coefficient (Wildman–Crippen LogP) is 4.12. The number of thiazole rings is 1. The molecule has 2 aromatic heterocycles. The van der Waals surface area contributed by atoms with Gasteiger partial charge >= 0.3 is 0 Å². The molecule has 0 aliphatic heterocycles. The minimum atomic E-state index is -0.334. The molecule has 2 heterocycles. The van der Waals surface area contributed by atoms with Crippen LogP contribution >= 0.6 is 11.3 Å². The second-order valence-corrected chi connectivity index (χ2v) is 8.03. The summed E-state index contributed by atoms with van der Waals surface area (Å²) in [4.78, 5) is 5.91. The third-order valence-electron chi connectivity index (χ3n) is 4.51. The predicted molar refractivity (Wildman–Crippen MR) is 86.8 cm³/mol. The third-order valence-corrected chi connectivity index (χ3v) is 5.82. The second kappa shape index (κ2) is 5.25. The molecule has 0 saturated heterocycles. The molecular weight excluding hydrogens is 280 g/mol. The Morgan fingerprint density at radius 2 is 2.29 bits per heavy atom. The standard InChI is InChI=1S/C17H24N2OS/c1-5-12-10-18-16(21-12)11(2)19-7-6-13-14(19)8-17(3,4)9-15(13)20/h6-7,10-11,15,20H,5,8-9H2,1-4H3. The van der Waals surface area contributed by atoms with Gasteiger partial charge in [0, 0.05) is 28.5 Å². The van der Waals surface area contributed by atoms with Gasteiger partial charge in [-0.3, -0.25) is 0 Å². The van der Waals surface area contributed by atoms with Gasteiger partial charge in [0.25, 0.3) is 0 Å². The number of aliphatic hydroxyl groups is 1. The molecule has 2 atom stereocenters. The number of aryl methyl sites for hydroxylation is 1. The first kappa shape index (κ1) is 14.8. The molecule has 0 fully saturated rings. The van der Waals surface area contributed by atoms with Crippen LogP contribution in [0.25, 0.3) is 0 Å². The Morgan fingerprint density at radius 3 is 2.95 bits per heavy atom. The molecule has 3 rings (SSSR count). The van der Waals surface area contributed by atoms with E-state index in [0.717, 1.165) is 29.8 Å². The van der Waals surface area contributed by atoms with Gasteiger partial charge in [0.2, 0.25) is 0 Å². The Balaban J connectivity index is 1.97. The van der Waals surface area contributed by atoms with Crippen LogP contribution in [0.4, 0.5) is 0 Å². The van der Waals surface area contributed by atoms with Gasteiger partial charge in [0.15, 0.2) is 0 Å². The first-order valence-electron chi connectivity index (χ1n) is 7.73. The van der Waals surface area contributed by atoms with Crippen molar-refractivity contribution in [3.63, 3.8) is 0 Å². The van der Waals surface area contributed by atoms with Gasteiger partial charge in [-0.15, -0.1) is 11.3 Å². The lowest BCUT2D eigenvalue weighted by Crippen LogP contribution is -2.27. The Labute approximate surface area is 130 Å². The highest BCUT2D eigenvalue weighted by molar-refractivity contribution is 7.11. The van der Waals surface area contributed by atoms with Gasteiger partial charge in [-0.1, -0.05) is 20.8 Å². The highest BCUT2D eigenvalue weighted by Gasteiger charge is 2.34. The van der Waals surface area contributed by atoms with Crippen LogP contribution in [0.3, 0.4) is 0 Å². The zero-order chi connectivity index (χ0) is 15.2. The van der Waals surface area contributed by atoms with Crippen molar-refractivity contribution < 1.29 is 5.11 Å². The summed E-state index contributed by atoms with van der Waals surface area (Å²) >= 11 is 1.80. The van der Waals surface area contributed by atoms with Crippen LogP contribution in [-0.4, -0.2) is 14.7 Å². The summed E-state index contributed by atoms with van der Waals surface area (Å²) in [5.41, 5.74) is 2.53. The van der Waals surface area contributed by atoms with E-state index in [-0.39, 0.29) is 17.6 Å². The molecular formula is C17H24N2OS. The molecule has 0 saturated carbocycles. The Morgan fingerprint density at radius 1 is 1.52 bits per heavy atom. The molecule has 2 aromatic rings. The van der Waals surface area contributed by atoms with Gasteiger partial charge in [-0.05, 0) is 37.7 Å². The molecule has 1 aliphatic carbocycles. The molecule has 0 bridgehead atoms. The molecule has 0 aromatic carbocycles. The van der Waals surface area contributed by atoms with Gasteiger partial charge in [0.1, 0.15) is 5.01 Å². The lowest BCUT2D eigenvalue weighted by atomic mass is 9.75. The number of aromatic nitrogens is 2. The molecule has 2 unspecified atom stereocenters. The van der Waals surface area contributed by atoms with E-state index in [4.69, 9.17) is 0 Å². The van der Waals surface area contributed by atoms with E-state index in [1.165, 1.54) is 10.6 Å². The van der Waals surface area contributed by atoms with Crippen molar-refractivity contribution in [2.75, 3.05) is 0 Å². The highest BCUT2D eigenvalue weighted by atomic mass is 32.1. The van der Waals surface area contributed by atoms with Crippen molar-refractivity contribution in [3.8, 4) is 0 Å². The molecule has 0 radical (unpaired) electrons. The molecule has 3 nitrogen and oxygen atoms in total. The van der Waals surface area contributed by atoms with Crippen LogP contribution in [0.5, 0.6) is 0 Å². The van der Waals surface area contributed by atoms with Crippen LogP contribution in [0.15, 0.2) is 18.5 Å². The molecule has 0 spiro atoms. The Bertz CT molecular complexity index is 641. The van der Waals surface area contributed by atoms with Crippen LogP contribution < -0.4 is 0 Å². The number of aliphatic hydroxyl groups excluding tert-OH is 1. The first-order chi connectivity index (χ1) is 9.91. The lowest BCUT2D eigenvalue weighted by Gasteiger charge is -2.34. The number of hydrogen-bond donors (Lipinski definition) is 1. The van der Waals surface area contributed by atoms with Crippen molar-refractivity contribution in [1.29, 1.82) is 0 Å². The summed E-state index contributed by atoms with van der Waals surface area (Å²) in [5, 5.41) is 11.5. The third kappa shape index (κ3) is 2.67. The van der Waals surface area contributed by atoms with Gasteiger partial charge in [-0.2, -0.15) is 0 Å². The number of hydrogen-bond acceptors (Lipinski definition) is 3. The van der Waals surface area contributed by atoms with Crippen molar-refractivity contribution in [2.24, 2.45) is 5.41 Å². The summed E-state index contributed by atoms with van der Waals surface area (Å²) in [6, 6.07) is 2.32. The van der Waals surface area contributed by atoms with E-state index in [0.29, 0.717) is 0 Å². The topological polar surface area (TPSA) is 38.0 Å². The summed E-state index contributed by atoms with van der Waals surface area (Å²) in [6.45, 7) is 8.84. The van der Waals surface area contributed by atoms with Crippen molar-refractivity contribution in [2.45, 2.75) is 59.1 Å². The lowest BCUT2D eigenvalue weighted by molar-refractivity contribution is 0.0977. The average molecular weight is 304 g/mol. The fraction of sp³-hybridized carbons (Fsp3) is 0.588. The molecule has 21 heavy (non-hydrogen) atoms. The van der Waals surface area contributed by atoms with Crippen molar-refractivity contribution in [3.05, 3.63) is 39.6 Å². The maximum Gasteiger partial charge on any atom is 0.115 e. The van der Waals surface area contributed by atoms with E-state index < -0.39 is 0 Å². The van der Waals surface area contributed by atoms with E-state index in [2.05, 4.69) is 49.5 Å². The number of fused-ring (bicyclic) bond motifs is 1. The highest BCUT2D eigenvalue weighted by Crippen LogP contribution is 2.42. The number of rotatable bonds is 3. The maximum atomic E-state index is 10.4. The van der Waals surface area contributed by atoms with Crippen molar-refractivity contribution >= 4 is 11.3 Å². The largest absolute Gasteiger partial charge is 0.388 e. The van der Waals surface area contributed by atoms with E-state index in [9.17, 15) is 5.11 Å². The summed E-state index contributed by atoms with van der Waals surface area (Å²) < 4.78 is 2.30. The summed E-state index contributed by atoms with van der Waals surface area (Å²) in [6.07, 6.45) is 6.68. The fourth-order valence-corrected chi connectivity index (χ4v) is 4.22. The monoisotopic (exact) mass is 304 g/mol. The molecule has 0 amide bonds. The summed E-state index contributed by atoms with van der Waals surface area (Å²) in [7, 11) is 0. The normalized spacial score (nSPS) is 22.0. The Kier molecular flexibility index (Phi) is 3.70. The minimum absolute atomic E-state index is 0.152. The first-order valence-corrected chi connectivity index (χ1v) is 8.55. The quantitative estimate of drug-likeness (QED) is 0.926. The zero-order valence-corrected chi connectivity index (χ0v) is 14.1. The van der Waals surface area contributed by atoms with Crippen LogP contribution in [-0.2, 0) is 12.8 Å². The molecule has 4 heteroatoms. The number of nitrogens with zero attached hydrogens (tertiary/aromatic N) is 2. The van der Waals surface area contributed by atoms with Crippen LogP contribution in [0.1, 0.15) is 67.4 Å². The minimum Gasteiger partial charge on any atom is -0.388 e. The van der Waals surface area contributed by atoms with E-state index >= 15 is 0 Å². The average Bonchev–Trinajstić information content (AvgIpc) is 3.02. The zero-order valence-electron chi connectivity index (χ0n) is 13.3. The SMILES string of the molecule is CCc1cnc(C(C)n2ccc3c2CC(C)(C)CC3O)s1. The smallest absolute Gasteiger partial charge is 0.115 e. The second-order valence-electron chi connectivity index (χ2n) is 6.88. The van der Waals surface area contributed by atoms with Crippen LogP contribution in [0.2, 0.25) is 0 Å². The maximum absolute atomic E-state index is 10.4. The summed E-state index contributed by atoms with van der Waals surface area (Å²) in [5.74, 6) is 0. The molecule has 1 aliphatic rings. The van der Waals surface area contributed by atoms with E-state index in [1.807, 2.05) is 6.20 Å². The fourth-order valence-electron chi connectivity index (χ4n) is 3.31. The molecule has 1 N–H and O–H groups in total.